The molecule has 0 spiro atoms. The number of aromatic carboxylic acids is 1. The first-order valence-corrected chi connectivity index (χ1v) is 6.81. The van der Waals surface area contributed by atoms with Gasteiger partial charge in [0.25, 0.3) is 0 Å². The number of carboxylic acids is 1. The third-order valence-corrected chi connectivity index (χ3v) is 3.07. The van der Waals surface area contributed by atoms with Crippen LogP contribution in [0.5, 0.6) is 5.75 Å². The minimum Gasteiger partial charge on any atom is -0.482 e. The number of nitrogens with zero attached hydrogens (tertiary/aromatic N) is 2. The van der Waals surface area contributed by atoms with Crippen LogP contribution in [0.2, 0.25) is 0 Å². The number of benzene rings is 1. The lowest BCUT2D eigenvalue weighted by molar-refractivity contribution is 0.0681. The molecule has 1 aromatic carbocycles. The lowest BCUT2D eigenvalue weighted by Crippen LogP contribution is -2.12. The van der Waals surface area contributed by atoms with Crippen LogP contribution in [-0.4, -0.2) is 21.0 Å². The van der Waals surface area contributed by atoms with Crippen LogP contribution in [0.15, 0.2) is 36.5 Å². The summed E-state index contributed by atoms with van der Waals surface area (Å²) in [7, 11) is 0. The van der Waals surface area contributed by atoms with Gasteiger partial charge in [0.2, 0.25) is 0 Å². The third kappa shape index (κ3) is 3.56. The second-order valence-corrected chi connectivity index (χ2v) is 5.07. The van der Waals surface area contributed by atoms with Gasteiger partial charge in [-0.15, -0.1) is 0 Å². The van der Waals surface area contributed by atoms with E-state index in [0.717, 1.165) is 5.56 Å². The van der Waals surface area contributed by atoms with E-state index in [-0.39, 0.29) is 23.5 Å². The SMILES string of the molecule is CC(C)c1ncc(OC(C)c2ccccc2)c(C(=O)O)n1. The summed E-state index contributed by atoms with van der Waals surface area (Å²) in [5, 5.41) is 9.29. The van der Waals surface area contributed by atoms with Crippen molar-refractivity contribution in [1.29, 1.82) is 0 Å². The molecule has 0 aliphatic rings. The van der Waals surface area contributed by atoms with E-state index < -0.39 is 5.97 Å². The topological polar surface area (TPSA) is 72.3 Å². The summed E-state index contributed by atoms with van der Waals surface area (Å²) < 4.78 is 5.72. The molecular weight excluding hydrogens is 268 g/mol. The van der Waals surface area contributed by atoms with E-state index in [0.29, 0.717) is 5.82 Å². The van der Waals surface area contributed by atoms with Crippen molar-refractivity contribution < 1.29 is 14.6 Å². The van der Waals surface area contributed by atoms with Crippen molar-refractivity contribution in [3.05, 3.63) is 53.6 Å². The number of aromatic nitrogens is 2. The molecule has 0 aliphatic heterocycles. The van der Waals surface area contributed by atoms with Crippen LogP contribution in [0.1, 0.15) is 54.7 Å². The Bertz CT molecular complexity index is 627. The summed E-state index contributed by atoms with van der Waals surface area (Å²) in [6.07, 6.45) is 1.16. The molecule has 1 N–H and O–H groups in total. The molecule has 1 aromatic heterocycles. The Balaban J connectivity index is 2.29. The first-order chi connectivity index (χ1) is 9.99. The van der Waals surface area contributed by atoms with Gasteiger partial charge >= 0.3 is 5.97 Å². The molecule has 110 valence electrons. The fraction of sp³-hybridized carbons (Fsp3) is 0.312. The summed E-state index contributed by atoms with van der Waals surface area (Å²) >= 11 is 0. The first-order valence-electron chi connectivity index (χ1n) is 6.81. The molecule has 1 unspecified atom stereocenters. The van der Waals surface area contributed by atoms with Crippen LogP contribution < -0.4 is 4.74 Å². The molecule has 0 fully saturated rings. The van der Waals surface area contributed by atoms with E-state index in [9.17, 15) is 9.90 Å². The minimum atomic E-state index is -1.12. The van der Waals surface area contributed by atoms with Gasteiger partial charge in [-0.25, -0.2) is 14.8 Å². The molecule has 0 saturated heterocycles. The second kappa shape index (κ2) is 6.35. The highest BCUT2D eigenvalue weighted by Gasteiger charge is 2.19. The molecule has 0 amide bonds. The van der Waals surface area contributed by atoms with Crippen molar-refractivity contribution >= 4 is 5.97 Å². The van der Waals surface area contributed by atoms with Crippen LogP contribution >= 0.6 is 0 Å². The third-order valence-electron chi connectivity index (χ3n) is 3.07. The maximum Gasteiger partial charge on any atom is 0.358 e. The average Bonchev–Trinajstić information content (AvgIpc) is 2.48. The molecule has 0 saturated carbocycles. The Morgan fingerprint density at radius 1 is 1.19 bits per heavy atom. The largest absolute Gasteiger partial charge is 0.482 e. The molecular formula is C16H18N2O3. The molecule has 2 rings (SSSR count). The Hall–Kier alpha value is -2.43. The second-order valence-electron chi connectivity index (χ2n) is 5.07. The van der Waals surface area contributed by atoms with Crippen LogP contribution in [0.4, 0.5) is 0 Å². The van der Waals surface area contributed by atoms with E-state index in [4.69, 9.17) is 4.74 Å². The smallest absolute Gasteiger partial charge is 0.358 e. The predicted molar refractivity (Wildman–Crippen MR) is 78.6 cm³/mol. The summed E-state index contributed by atoms with van der Waals surface area (Å²) in [4.78, 5) is 19.6. The van der Waals surface area contributed by atoms with E-state index >= 15 is 0 Å². The van der Waals surface area contributed by atoms with Gasteiger partial charge in [-0.2, -0.15) is 0 Å². The molecule has 0 aliphatic carbocycles. The summed E-state index contributed by atoms with van der Waals surface area (Å²) in [5.74, 6) is -0.381. The van der Waals surface area contributed by atoms with E-state index in [1.165, 1.54) is 6.20 Å². The highest BCUT2D eigenvalue weighted by molar-refractivity contribution is 5.88. The van der Waals surface area contributed by atoms with E-state index in [2.05, 4.69) is 9.97 Å². The Kier molecular flexibility index (Phi) is 4.52. The van der Waals surface area contributed by atoms with Gasteiger partial charge in [-0.3, -0.25) is 0 Å². The number of ether oxygens (including phenoxy) is 1. The minimum absolute atomic E-state index is 0.0590. The maximum absolute atomic E-state index is 11.3. The zero-order valence-electron chi connectivity index (χ0n) is 12.3. The molecule has 5 heteroatoms. The summed E-state index contributed by atoms with van der Waals surface area (Å²) in [5.41, 5.74) is 0.859. The standard InChI is InChI=1S/C16H18N2O3/c1-10(2)15-17-9-13(14(18-15)16(19)20)21-11(3)12-7-5-4-6-8-12/h4-11H,1-3H3,(H,19,20). The summed E-state index contributed by atoms with van der Waals surface area (Å²) in [6, 6.07) is 9.58. The zero-order chi connectivity index (χ0) is 15.4. The van der Waals surface area contributed by atoms with Crippen molar-refractivity contribution in [1.82, 2.24) is 9.97 Å². The Morgan fingerprint density at radius 3 is 2.43 bits per heavy atom. The number of carbonyl (C=O) groups is 1. The normalized spacial score (nSPS) is 12.2. The number of rotatable bonds is 5. The number of hydrogen-bond acceptors (Lipinski definition) is 4. The highest BCUT2D eigenvalue weighted by atomic mass is 16.5. The molecule has 5 nitrogen and oxygen atoms in total. The molecule has 21 heavy (non-hydrogen) atoms. The Labute approximate surface area is 123 Å². The van der Waals surface area contributed by atoms with E-state index in [1.54, 1.807) is 0 Å². The van der Waals surface area contributed by atoms with Gasteiger partial charge in [0.05, 0.1) is 6.20 Å². The number of hydrogen-bond donors (Lipinski definition) is 1. The van der Waals surface area contributed by atoms with Gasteiger partial charge < -0.3 is 9.84 Å². The van der Waals surface area contributed by atoms with Gasteiger partial charge in [0.1, 0.15) is 11.9 Å². The highest BCUT2D eigenvalue weighted by Crippen LogP contribution is 2.24. The van der Waals surface area contributed by atoms with Gasteiger partial charge in [-0.1, -0.05) is 44.2 Å². The van der Waals surface area contributed by atoms with Gasteiger partial charge in [0.15, 0.2) is 11.4 Å². The van der Waals surface area contributed by atoms with Crippen LogP contribution in [0, 0.1) is 0 Å². The van der Waals surface area contributed by atoms with Crippen LogP contribution in [0.25, 0.3) is 0 Å². The van der Waals surface area contributed by atoms with Crippen molar-refractivity contribution in [2.24, 2.45) is 0 Å². The van der Waals surface area contributed by atoms with Crippen molar-refractivity contribution in [3.63, 3.8) is 0 Å². The van der Waals surface area contributed by atoms with Crippen LogP contribution in [-0.2, 0) is 0 Å². The molecule has 1 atom stereocenters. The quantitative estimate of drug-likeness (QED) is 0.911. The molecule has 0 radical (unpaired) electrons. The number of carboxylic acid groups (broad SMARTS) is 1. The predicted octanol–water partition coefficient (Wildman–Crippen LogP) is 3.44. The fourth-order valence-electron chi connectivity index (χ4n) is 1.88. The molecule has 2 aromatic rings. The van der Waals surface area contributed by atoms with Crippen molar-refractivity contribution in [2.45, 2.75) is 32.8 Å². The van der Waals surface area contributed by atoms with Gasteiger partial charge in [0, 0.05) is 5.92 Å². The lowest BCUT2D eigenvalue weighted by Gasteiger charge is -2.16. The average molecular weight is 286 g/mol. The maximum atomic E-state index is 11.3. The first kappa shape index (κ1) is 15.0. The van der Waals surface area contributed by atoms with Crippen molar-refractivity contribution in [2.75, 3.05) is 0 Å². The van der Waals surface area contributed by atoms with E-state index in [1.807, 2.05) is 51.1 Å². The van der Waals surface area contributed by atoms with Crippen molar-refractivity contribution in [3.8, 4) is 5.75 Å². The fourth-order valence-corrected chi connectivity index (χ4v) is 1.88. The van der Waals surface area contributed by atoms with Gasteiger partial charge in [-0.05, 0) is 12.5 Å². The molecule has 1 heterocycles. The lowest BCUT2D eigenvalue weighted by atomic mass is 10.1. The Morgan fingerprint density at radius 2 is 1.86 bits per heavy atom. The summed E-state index contributed by atoms with van der Waals surface area (Å²) in [6.45, 7) is 5.68. The zero-order valence-corrected chi connectivity index (χ0v) is 12.3. The van der Waals surface area contributed by atoms with Crippen LogP contribution in [0.3, 0.4) is 0 Å². The molecule has 0 bridgehead atoms. The monoisotopic (exact) mass is 286 g/mol.